The molecule has 0 aliphatic heterocycles. The van der Waals surface area contributed by atoms with E-state index in [4.69, 9.17) is 0 Å². The number of nitrogens with one attached hydrogen (secondary N) is 1. The van der Waals surface area contributed by atoms with Crippen LogP contribution in [-0.2, 0) is 17.5 Å². The molecule has 2 rings (SSSR count). The fourth-order valence-electron chi connectivity index (χ4n) is 1.90. The van der Waals surface area contributed by atoms with Gasteiger partial charge in [-0.1, -0.05) is 0 Å². The number of nitrogens with zero attached hydrogens (tertiary/aromatic N) is 3. The highest BCUT2D eigenvalue weighted by Gasteiger charge is 2.33. The molecule has 0 aliphatic rings. The zero-order chi connectivity index (χ0) is 17.9. The summed E-state index contributed by atoms with van der Waals surface area (Å²) in [7, 11) is 3.24. The lowest BCUT2D eigenvalue weighted by molar-refractivity contribution is -0.141. The molecule has 9 heteroatoms. The van der Waals surface area contributed by atoms with E-state index in [0.29, 0.717) is 11.3 Å². The third kappa shape index (κ3) is 4.34. The average molecular weight is 340 g/mol. The standard InChI is InChI=1S/C15H15F3N4O2/c1-21(2)14(24)10-3-5-11(6-4-10)19-13(23)9-22-8-7-12(20-22)15(16,17)18/h3-8H,9H2,1-2H3,(H,19,23). The molecule has 2 amide bonds. The van der Waals surface area contributed by atoms with Crippen molar-refractivity contribution in [2.24, 2.45) is 0 Å². The number of carbonyl (C=O) groups is 2. The molecule has 24 heavy (non-hydrogen) atoms. The molecule has 2 aromatic rings. The van der Waals surface area contributed by atoms with Crippen molar-refractivity contribution in [1.29, 1.82) is 0 Å². The van der Waals surface area contributed by atoms with Crippen molar-refractivity contribution in [3.63, 3.8) is 0 Å². The van der Waals surface area contributed by atoms with Gasteiger partial charge in [-0.25, -0.2) is 0 Å². The Morgan fingerprint density at radius 3 is 2.29 bits per heavy atom. The van der Waals surface area contributed by atoms with E-state index in [1.54, 1.807) is 38.4 Å². The van der Waals surface area contributed by atoms with E-state index in [0.717, 1.165) is 16.9 Å². The largest absolute Gasteiger partial charge is 0.435 e. The molecule has 1 aromatic carbocycles. The molecular weight excluding hydrogens is 325 g/mol. The lowest BCUT2D eigenvalue weighted by atomic mass is 10.2. The first-order valence-electron chi connectivity index (χ1n) is 6.89. The van der Waals surface area contributed by atoms with Crippen LogP contribution in [-0.4, -0.2) is 40.6 Å². The number of alkyl halides is 3. The predicted octanol–water partition coefficient (Wildman–Crippen LogP) is 2.24. The summed E-state index contributed by atoms with van der Waals surface area (Å²) in [6.07, 6.45) is -3.46. The van der Waals surface area contributed by atoms with Crippen LogP contribution >= 0.6 is 0 Å². The van der Waals surface area contributed by atoms with Crippen LogP contribution in [0.15, 0.2) is 36.5 Å². The van der Waals surface area contributed by atoms with Crippen LogP contribution in [0.1, 0.15) is 16.1 Å². The Kier molecular flexibility index (Phi) is 4.91. The zero-order valence-corrected chi connectivity index (χ0v) is 13.0. The smallest absolute Gasteiger partial charge is 0.345 e. The van der Waals surface area contributed by atoms with Crippen LogP contribution in [0.3, 0.4) is 0 Å². The summed E-state index contributed by atoms with van der Waals surface area (Å²) in [5.41, 5.74) is -0.166. The molecule has 0 saturated heterocycles. The van der Waals surface area contributed by atoms with Crippen molar-refractivity contribution in [3.8, 4) is 0 Å². The van der Waals surface area contributed by atoms with Crippen LogP contribution in [0.4, 0.5) is 18.9 Å². The first-order valence-corrected chi connectivity index (χ1v) is 6.89. The Hall–Kier alpha value is -2.84. The molecule has 0 saturated carbocycles. The summed E-state index contributed by atoms with van der Waals surface area (Å²) in [6, 6.07) is 6.98. The third-order valence-corrected chi connectivity index (χ3v) is 3.06. The zero-order valence-electron chi connectivity index (χ0n) is 13.0. The summed E-state index contributed by atoms with van der Waals surface area (Å²) in [6.45, 7) is -0.353. The first kappa shape index (κ1) is 17.5. The van der Waals surface area contributed by atoms with Crippen LogP contribution in [0, 0.1) is 0 Å². The Morgan fingerprint density at radius 1 is 1.17 bits per heavy atom. The Labute approximate surface area is 135 Å². The summed E-state index contributed by atoms with van der Waals surface area (Å²) in [5.74, 6) is -0.706. The summed E-state index contributed by atoms with van der Waals surface area (Å²) in [4.78, 5) is 25.0. The summed E-state index contributed by atoms with van der Waals surface area (Å²) < 4.78 is 38.2. The second-order valence-corrected chi connectivity index (χ2v) is 5.22. The lowest BCUT2D eigenvalue weighted by Gasteiger charge is -2.11. The highest BCUT2D eigenvalue weighted by atomic mass is 19.4. The van der Waals surface area contributed by atoms with Crippen LogP contribution in [0.2, 0.25) is 0 Å². The van der Waals surface area contributed by atoms with Gasteiger partial charge in [0.1, 0.15) is 6.54 Å². The number of aromatic nitrogens is 2. The predicted molar refractivity (Wildman–Crippen MR) is 80.3 cm³/mol. The van der Waals surface area contributed by atoms with Gasteiger partial charge in [-0.2, -0.15) is 18.3 Å². The lowest BCUT2D eigenvalue weighted by Crippen LogP contribution is -2.22. The molecule has 0 spiro atoms. The van der Waals surface area contributed by atoms with E-state index in [2.05, 4.69) is 10.4 Å². The molecule has 0 bridgehead atoms. The number of rotatable bonds is 4. The number of anilines is 1. The van der Waals surface area contributed by atoms with E-state index < -0.39 is 17.8 Å². The normalized spacial score (nSPS) is 11.2. The van der Waals surface area contributed by atoms with E-state index in [1.807, 2.05) is 0 Å². The SMILES string of the molecule is CN(C)C(=O)c1ccc(NC(=O)Cn2ccc(C(F)(F)F)n2)cc1. The van der Waals surface area contributed by atoms with Crippen molar-refractivity contribution in [2.45, 2.75) is 12.7 Å². The second kappa shape index (κ2) is 6.73. The van der Waals surface area contributed by atoms with Gasteiger partial charge in [0.05, 0.1) is 0 Å². The van der Waals surface area contributed by atoms with Gasteiger partial charge in [0.2, 0.25) is 5.91 Å². The van der Waals surface area contributed by atoms with E-state index in [-0.39, 0.29) is 12.5 Å². The van der Waals surface area contributed by atoms with Crippen LogP contribution < -0.4 is 5.32 Å². The molecule has 0 unspecified atom stereocenters. The fourth-order valence-corrected chi connectivity index (χ4v) is 1.90. The third-order valence-electron chi connectivity index (χ3n) is 3.06. The molecule has 0 aliphatic carbocycles. The first-order chi connectivity index (χ1) is 11.2. The Bertz CT molecular complexity index is 736. The number of hydrogen-bond acceptors (Lipinski definition) is 3. The van der Waals surface area contributed by atoms with Crippen LogP contribution in [0.25, 0.3) is 0 Å². The quantitative estimate of drug-likeness (QED) is 0.928. The number of hydrogen-bond donors (Lipinski definition) is 1. The number of benzene rings is 1. The van der Waals surface area contributed by atoms with Gasteiger partial charge >= 0.3 is 6.18 Å². The summed E-state index contributed by atoms with van der Waals surface area (Å²) in [5, 5.41) is 5.83. The summed E-state index contributed by atoms with van der Waals surface area (Å²) >= 11 is 0. The van der Waals surface area contributed by atoms with Gasteiger partial charge in [-0.05, 0) is 30.3 Å². The fraction of sp³-hybridized carbons (Fsp3) is 0.267. The van der Waals surface area contributed by atoms with Crippen molar-refractivity contribution in [2.75, 3.05) is 19.4 Å². The molecule has 0 atom stereocenters. The van der Waals surface area contributed by atoms with Crippen molar-refractivity contribution in [3.05, 3.63) is 47.8 Å². The topological polar surface area (TPSA) is 67.2 Å². The molecular formula is C15H15F3N4O2. The van der Waals surface area contributed by atoms with Crippen molar-refractivity contribution in [1.82, 2.24) is 14.7 Å². The highest BCUT2D eigenvalue weighted by molar-refractivity contribution is 5.95. The Balaban J connectivity index is 1.97. The number of carbonyl (C=O) groups excluding carboxylic acids is 2. The minimum atomic E-state index is -4.55. The maximum atomic E-state index is 12.4. The minimum absolute atomic E-state index is 0.177. The van der Waals surface area contributed by atoms with Crippen molar-refractivity contribution >= 4 is 17.5 Å². The highest BCUT2D eigenvalue weighted by Crippen LogP contribution is 2.27. The van der Waals surface area contributed by atoms with E-state index in [9.17, 15) is 22.8 Å². The molecule has 1 N–H and O–H groups in total. The molecule has 1 aromatic heterocycles. The van der Waals surface area contributed by atoms with Gasteiger partial charge in [-0.15, -0.1) is 0 Å². The molecule has 0 fully saturated rings. The van der Waals surface area contributed by atoms with Gasteiger partial charge < -0.3 is 10.2 Å². The molecule has 0 radical (unpaired) electrons. The van der Waals surface area contributed by atoms with Gasteiger partial charge in [0, 0.05) is 31.5 Å². The van der Waals surface area contributed by atoms with E-state index in [1.165, 1.54) is 4.90 Å². The minimum Gasteiger partial charge on any atom is -0.345 e. The van der Waals surface area contributed by atoms with Gasteiger partial charge in [0.25, 0.3) is 5.91 Å². The van der Waals surface area contributed by atoms with Gasteiger partial charge in [0.15, 0.2) is 5.69 Å². The maximum Gasteiger partial charge on any atom is 0.435 e. The second-order valence-electron chi connectivity index (χ2n) is 5.22. The van der Waals surface area contributed by atoms with Gasteiger partial charge in [-0.3, -0.25) is 14.3 Å². The molecule has 1 heterocycles. The average Bonchev–Trinajstić information content (AvgIpc) is 2.95. The number of halogens is 3. The Morgan fingerprint density at radius 2 is 1.79 bits per heavy atom. The number of amides is 2. The maximum absolute atomic E-state index is 12.4. The molecule has 6 nitrogen and oxygen atoms in total. The monoisotopic (exact) mass is 340 g/mol. The van der Waals surface area contributed by atoms with Crippen LogP contribution in [0.5, 0.6) is 0 Å². The van der Waals surface area contributed by atoms with E-state index >= 15 is 0 Å². The molecule has 128 valence electrons. The van der Waals surface area contributed by atoms with Crippen molar-refractivity contribution < 1.29 is 22.8 Å².